The SMILES string of the molecule is CCN(CC)CC.CC[C@H]1[C@@H](O)C2C3CC[C@H]([C@H](C)CC(O)OS(=O)(=O)O)[C@@]3(C)CCC2[C@@]2(C)CC[C@@H](O)C[C@@H]12. The predicted molar refractivity (Wildman–Crippen MR) is 158 cm³/mol. The summed E-state index contributed by atoms with van der Waals surface area (Å²) in [6, 6.07) is 0. The lowest BCUT2D eigenvalue weighted by Crippen LogP contribution is -2.62. The number of fused-ring (bicyclic) bond motifs is 5. The van der Waals surface area contributed by atoms with Crippen molar-refractivity contribution in [2.75, 3.05) is 19.6 Å². The lowest BCUT2D eigenvalue weighted by atomic mass is 9.41. The van der Waals surface area contributed by atoms with E-state index in [0.29, 0.717) is 23.7 Å². The zero-order valence-corrected chi connectivity index (χ0v) is 26.9. The molecule has 12 atom stereocenters. The summed E-state index contributed by atoms with van der Waals surface area (Å²) in [4.78, 5) is 2.38. The zero-order chi connectivity index (χ0) is 30.0. The Morgan fingerprint density at radius 2 is 1.48 bits per heavy atom. The maximum absolute atomic E-state index is 11.7. The van der Waals surface area contributed by atoms with E-state index in [2.05, 4.69) is 50.6 Å². The molecule has 4 aliphatic carbocycles. The van der Waals surface area contributed by atoms with Gasteiger partial charge in [0.2, 0.25) is 0 Å². The Labute approximate surface area is 244 Å². The van der Waals surface area contributed by atoms with Crippen LogP contribution in [-0.2, 0) is 14.6 Å². The average Bonchev–Trinajstić information content (AvgIpc) is 3.23. The molecule has 0 bridgehead atoms. The van der Waals surface area contributed by atoms with Gasteiger partial charge < -0.3 is 20.2 Å². The van der Waals surface area contributed by atoms with E-state index in [0.717, 1.165) is 51.4 Å². The van der Waals surface area contributed by atoms with E-state index in [-0.39, 0.29) is 47.2 Å². The second-order valence-electron chi connectivity index (χ2n) is 13.9. The minimum Gasteiger partial charge on any atom is -0.393 e. The fourth-order valence-corrected chi connectivity index (χ4v) is 10.6. The van der Waals surface area contributed by atoms with Crippen LogP contribution in [0, 0.1) is 52.3 Å². The van der Waals surface area contributed by atoms with Gasteiger partial charge in [0.1, 0.15) is 0 Å². The fraction of sp³-hybridized carbons (Fsp3) is 1.00. The Kier molecular flexibility index (Phi) is 11.6. The normalized spacial score (nSPS) is 42.7. The molecule has 0 aromatic rings. The summed E-state index contributed by atoms with van der Waals surface area (Å²) in [5.74, 6) is 2.04. The third kappa shape index (κ3) is 6.92. The highest BCUT2D eigenvalue weighted by Gasteiger charge is 2.64. The zero-order valence-electron chi connectivity index (χ0n) is 26.1. The van der Waals surface area contributed by atoms with Crippen LogP contribution in [0.1, 0.15) is 106 Å². The standard InChI is InChI=1S/C25H44O7S.C6H15N/c1-5-16-20-13-15(26)8-10-25(20,4)19-9-11-24(3)17(6-7-18(24)22(19)23(16)28)14(2)12-21(27)32-33(29,30)31;1-4-7(5-2)6-3/h14-23,26-28H,5-13H2,1-4H3,(H,29,30,31);4-6H2,1-3H3/t14-,15-,16-,17-,18?,19?,20+,21?,22?,23-,24-,25-;/m1./s1. The number of hydrogen-bond donors (Lipinski definition) is 4. The molecule has 0 heterocycles. The first kappa shape index (κ1) is 34.2. The predicted octanol–water partition coefficient (Wildman–Crippen LogP) is 5.13. The molecule has 236 valence electrons. The molecule has 4 rings (SSSR count). The van der Waals surface area contributed by atoms with E-state index in [1.165, 1.54) is 19.6 Å². The summed E-state index contributed by atoms with van der Waals surface area (Å²) in [5, 5.41) is 32.2. The van der Waals surface area contributed by atoms with Crippen molar-refractivity contribution < 1.29 is 32.5 Å². The van der Waals surface area contributed by atoms with Gasteiger partial charge in [-0.15, -0.1) is 0 Å². The van der Waals surface area contributed by atoms with Crippen LogP contribution in [0.5, 0.6) is 0 Å². The third-order valence-electron chi connectivity index (χ3n) is 12.3. The van der Waals surface area contributed by atoms with Gasteiger partial charge in [-0.05, 0) is 117 Å². The van der Waals surface area contributed by atoms with Crippen LogP contribution in [0.3, 0.4) is 0 Å². The molecule has 0 radical (unpaired) electrons. The van der Waals surface area contributed by atoms with Crippen molar-refractivity contribution in [3.63, 3.8) is 0 Å². The van der Waals surface area contributed by atoms with Crippen LogP contribution >= 0.6 is 0 Å². The van der Waals surface area contributed by atoms with Gasteiger partial charge in [0.15, 0.2) is 6.29 Å². The molecular weight excluding hydrogens is 530 g/mol. The smallest absolute Gasteiger partial charge is 0.393 e. The summed E-state index contributed by atoms with van der Waals surface area (Å²) >= 11 is 0. The number of nitrogens with zero attached hydrogens (tertiary/aromatic N) is 1. The van der Waals surface area contributed by atoms with Crippen LogP contribution in [0.4, 0.5) is 0 Å². The van der Waals surface area contributed by atoms with Gasteiger partial charge in [-0.1, -0.05) is 54.9 Å². The second kappa shape index (κ2) is 13.6. The van der Waals surface area contributed by atoms with Crippen LogP contribution in [0.2, 0.25) is 0 Å². The lowest BCUT2D eigenvalue weighted by Gasteiger charge is -2.64. The van der Waals surface area contributed by atoms with E-state index in [1.54, 1.807) is 0 Å². The molecule has 4 unspecified atom stereocenters. The molecular formula is C31H59NO7S. The summed E-state index contributed by atoms with van der Waals surface area (Å²) in [6.45, 7) is 19.1. The third-order valence-corrected chi connectivity index (χ3v) is 12.8. The molecule has 4 fully saturated rings. The molecule has 0 spiro atoms. The van der Waals surface area contributed by atoms with Crippen molar-refractivity contribution >= 4 is 10.4 Å². The van der Waals surface area contributed by atoms with E-state index in [4.69, 9.17) is 4.55 Å². The quantitative estimate of drug-likeness (QED) is 0.215. The number of aliphatic hydroxyl groups excluding tert-OH is 3. The molecule has 4 saturated carbocycles. The second-order valence-corrected chi connectivity index (χ2v) is 15.0. The van der Waals surface area contributed by atoms with Crippen molar-refractivity contribution in [1.82, 2.24) is 4.90 Å². The van der Waals surface area contributed by atoms with Crippen molar-refractivity contribution in [1.29, 1.82) is 0 Å². The highest BCUT2D eigenvalue weighted by Crippen LogP contribution is 2.69. The molecule has 0 aromatic carbocycles. The maximum Gasteiger partial charge on any atom is 0.399 e. The fourth-order valence-electron chi connectivity index (χ4n) is 10.3. The molecule has 0 aliphatic heterocycles. The average molecular weight is 590 g/mol. The van der Waals surface area contributed by atoms with Gasteiger partial charge >= 0.3 is 10.4 Å². The van der Waals surface area contributed by atoms with Crippen LogP contribution < -0.4 is 0 Å². The van der Waals surface area contributed by atoms with Crippen LogP contribution in [0.25, 0.3) is 0 Å². The van der Waals surface area contributed by atoms with Crippen molar-refractivity contribution in [3.05, 3.63) is 0 Å². The van der Waals surface area contributed by atoms with E-state index < -0.39 is 16.7 Å². The highest BCUT2D eigenvalue weighted by atomic mass is 32.3. The van der Waals surface area contributed by atoms with E-state index in [9.17, 15) is 23.7 Å². The minimum absolute atomic E-state index is 0.0229. The maximum atomic E-state index is 11.7. The Bertz CT molecular complexity index is 908. The van der Waals surface area contributed by atoms with Crippen molar-refractivity contribution in [2.24, 2.45) is 52.3 Å². The topological polar surface area (TPSA) is 128 Å². The lowest BCUT2D eigenvalue weighted by molar-refractivity contribution is -0.203. The monoisotopic (exact) mass is 589 g/mol. The number of aliphatic hydroxyl groups is 3. The van der Waals surface area contributed by atoms with Gasteiger partial charge in [0.05, 0.1) is 12.2 Å². The minimum atomic E-state index is -4.69. The molecule has 4 aliphatic rings. The molecule has 40 heavy (non-hydrogen) atoms. The van der Waals surface area contributed by atoms with Crippen molar-refractivity contribution in [2.45, 2.75) is 125 Å². The summed E-state index contributed by atoms with van der Waals surface area (Å²) < 4.78 is 35.2. The molecule has 8 nitrogen and oxygen atoms in total. The van der Waals surface area contributed by atoms with Crippen molar-refractivity contribution in [3.8, 4) is 0 Å². The van der Waals surface area contributed by atoms with Crippen LogP contribution in [-0.4, -0.2) is 71.3 Å². The summed E-state index contributed by atoms with van der Waals surface area (Å²) in [6.07, 6.45) is 5.80. The number of rotatable bonds is 9. The van der Waals surface area contributed by atoms with E-state index >= 15 is 0 Å². The van der Waals surface area contributed by atoms with Gasteiger partial charge in [-0.25, -0.2) is 4.18 Å². The Balaban J connectivity index is 0.000000559. The highest BCUT2D eigenvalue weighted by molar-refractivity contribution is 7.80. The first-order chi connectivity index (χ1) is 18.7. The molecule has 0 aromatic heterocycles. The van der Waals surface area contributed by atoms with Gasteiger partial charge in [0.25, 0.3) is 0 Å². The summed E-state index contributed by atoms with van der Waals surface area (Å²) in [7, 11) is -4.69. The number of hydrogen-bond acceptors (Lipinski definition) is 7. The molecule has 4 N–H and O–H groups in total. The first-order valence-corrected chi connectivity index (χ1v) is 17.4. The molecule has 0 saturated heterocycles. The van der Waals surface area contributed by atoms with Gasteiger partial charge in [-0.3, -0.25) is 4.55 Å². The van der Waals surface area contributed by atoms with Gasteiger partial charge in [-0.2, -0.15) is 8.42 Å². The summed E-state index contributed by atoms with van der Waals surface area (Å²) in [5.41, 5.74) is 0.184. The van der Waals surface area contributed by atoms with Crippen LogP contribution in [0.15, 0.2) is 0 Å². The van der Waals surface area contributed by atoms with E-state index in [1.807, 2.05) is 6.92 Å². The molecule has 0 amide bonds. The first-order valence-electron chi connectivity index (χ1n) is 16.1. The molecule has 9 heteroatoms. The Hall–Kier alpha value is -0.290. The largest absolute Gasteiger partial charge is 0.399 e. The Morgan fingerprint density at radius 3 is 2.00 bits per heavy atom. The van der Waals surface area contributed by atoms with Gasteiger partial charge in [0, 0.05) is 6.42 Å². The Morgan fingerprint density at radius 1 is 0.900 bits per heavy atom.